The number of hydrogen-bond donors (Lipinski definition) is 1. The molecule has 1 atom stereocenters. The van der Waals surface area contributed by atoms with Crippen LogP contribution < -0.4 is 24.4 Å². The van der Waals surface area contributed by atoms with E-state index in [4.69, 9.17) is 14.2 Å². The number of methoxy groups -OCH3 is 3. The summed E-state index contributed by atoms with van der Waals surface area (Å²) in [6, 6.07) is 17.0. The van der Waals surface area contributed by atoms with Crippen LogP contribution in [0.15, 0.2) is 65.6 Å². The van der Waals surface area contributed by atoms with Crippen LogP contribution >= 0.6 is 0 Å². The summed E-state index contributed by atoms with van der Waals surface area (Å²) in [5.41, 5.74) is 2.88. The number of carbonyl (C=O) groups is 2. The number of nitrogens with zero attached hydrogens (tertiary/aromatic N) is 2. The van der Waals surface area contributed by atoms with Crippen molar-refractivity contribution in [2.24, 2.45) is 5.92 Å². The van der Waals surface area contributed by atoms with Crippen molar-refractivity contribution in [2.45, 2.75) is 24.2 Å². The van der Waals surface area contributed by atoms with Crippen molar-refractivity contribution in [3.05, 3.63) is 71.8 Å². The smallest absolute Gasteiger partial charge is 0.258 e. The molecule has 2 amide bonds. The standard InChI is InChI=1S/C30H33N3O7S/c1-38-24-10-7-21(8-11-24)30(35)33-16-14-20-6-9-23(17-26(20)33)31-29(34)22-5-4-15-32(19-22)41(36,37)25-12-13-27(39-2)28(18-25)40-3/h6-13,17-18,22H,4-5,14-16,19H2,1-3H3,(H,31,34)/t22-/m1/s1. The Morgan fingerprint density at radius 3 is 2.34 bits per heavy atom. The predicted octanol–water partition coefficient (Wildman–Crippen LogP) is 3.95. The molecule has 0 saturated carbocycles. The summed E-state index contributed by atoms with van der Waals surface area (Å²) < 4.78 is 43.9. The molecule has 0 bridgehead atoms. The van der Waals surface area contributed by atoms with E-state index in [0.717, 1.165) is 17.7 Å². The van der Waals surface area contributed by atoms with Gasteiger partial charge in [0.05, 0.1) is 32.1 Å². The maximum Gasteiger partial charge on any atom is 0.258 e. The Morgan fingerprint density at radius 2 is 1.63 bits per heavy atom. The fraction of sp³-hybridized carbons (Fsp3) is 0.333. The molecule has 3 aromatic rings. The van der Waals surface area contributed by atoms with Gasteiger partial charge in [-0.2, -0.15) is 4.31 Å². The van der Waals surface area contributed by atoms with Gasteiger partial charge in [0.15, 0.2) is 11.5 Å². The van der Waals surface area contributed by atoms with Gasteiger partial charge in [0.2, 0.25) is 15.9 Å². The highest BCUT2D eigenvalue weighted by atomic mass is 32.2. The third kappa shape index (κ3) is 5.73. The van der Waals surface area contributed by atoms with Crippen LogP contribution in [0.2, 0.25) is 0 Å². The maximum atomic E-state index is 13.4. The summed E-state index contributed by atoms with van der Waals surface area (Å²) in [5, 5.41) is 2.95. The second-order valence-corrected chi connectivity index (χ2v) is 11.9. The molecule has 5 rings (SSSR count). The minimum atomic E-state index is -3.85. The summed E-state index contributed by atoms with van der Waals surface area (Å²) >= 11 is 0. The second-order valence-electron chi connectivity index (χ2n) is 9.99. The van der Waals surface area contributed by atoms with Crippen LogP contribution in [-0.4, -0.2) is 65.5 Å². The Kier molecular flexibility index (Phi) is 8.18. The summed E-state index contributed by atoms with van der Waals surface area (Å²) in [6.45, 7) is 0.931. The number of benzene rings is 3. The molecule has 0 radical (unpaired) electrons. The molecular formula is C30H33N3O7S. The largest absolute Gasteiger partial charge is 0.497 e. The monoisotopic (exact) mass is 579 g/mol. The molecular weight excluding hydrogens is 546 g/mol. The molecule has 3 aromatic carbocycles. The molecule has 2 aliphatic rings. The first-order valence-corrected chi connectivity index (χ1v) is 14.8. The Bertz CT molecular complexity index is 1560. The molecule has 1 N–H and O–H groups in total. The average Bonchev–Trinajstić information content (AvgIpc) is 3.43. The van der Waals surface area contributed by atoms with Gasteiger partial charge in [-0.15, -0.1) is 0 Å². The number of amides is 2. The molecule has 2 aliphatic heterocycles. The number of sulfonamides is 1. The van der Waals surface area contributed by atoms with E-state index in [1.54, 1.807) is 42.3 Å². The van der Waals surface area contributed by atoms with Crippen LogP contribution in [-0.2, 0) is 21.2 Å². The lowest BCUT2D eigenvalue weighted by molar-refractivity contribution is -0.120. The number of hydrogen-bond acceptors (Lipinski definition) is 7. The minimum Gasteiger partial charge on any atom is -0.497 e. The molecule has 0 aliphatic carbocycles. The summed E-state index contributed by atoms with van der Waals surface area (Å²) in [5.74, 6) is 0.508. The highest BCUT2D eigenvalue weighted by Gasteiger charge is 2.34. The van der Waals surface area contributed by atoms with Crippen LogP contribution in [0.3, 0.4) is 0 Å². The lowest BCUT2D eigenvalue weighted by Gasteiger charge is -2.31. The Hall–Kier alpha value is -4.09. The van der Waals surface area contributed by atoms with Crippen molar-refractivity contribution in [3.8, 4) is 17.2 Å². The average molecular weight is 580 g/mol. The van der Waals surface area contributed by atoms with E-state index in [2.05, 4.69) is 5.32 Å². The van der Waals surface area contributed by atoms with E-state index in [1.165, 1.54) is 30.7 Å². The number of fused-ring (bicyclic) bond motifs is 1. The maximum absolute atomic E-state index is 13.4. The van der Waals surface area contributed by atoms with Crippen molar-refractivity contribution in [1.82, 2.24) is 4.31 Å². The van der Waals surface area contributed by atoms with Gasteiger partial charge in [0.1, 0.15) is 5.75 Å². The lowest BCUT2D eigenvalue weighted by atomic mass is 9.98. The Balaban J connectivity index is 1.29. The molecule has 11 heteroatoms. The van der Waals surface area contributed by atoms with Crippen molar-refractivity contribution < 1.29 is 32.2 Å². The normalized spacial score (nSPS) is 17.0. The first-order valence-electron chi connectivity index (χ1n) is 13.4. The number of piperidine rings is 1. The first kappa shape index (κ1) is 28.4. The van der Waals surface area contributed by atoms with Gasteiger partial charge in [0.25, 0.3) is 5.91 Å². The number of rotatable bonds is 8. The number of carbonyl (C=O) groups excluding carboxylic acids is 2. The highest BCUT2D eigenvalue weighted by Crippen LogP contribution is 2.34. The van der Waals surface area contributed by atoms with Crippen molar-refractivity contribution in [2.75, 3.05) is 51.2 Å². The van der Waals surface area contributed by atoms with Crippen molar-refractivity contribution in [1.29, 1.82) is 0 Å². The van der Waals surface area contributed by atoms with Crippen LogP contribution in [0.4, 0.5) is 11.4 Å². The first-order chi connectivity index (χ1) is 19.7. The molecule has 0 spiro atoms. The van der Waals surface area contributed by atoms with Gasteiger partial charge < -0.3 is 24.4 Å². The quantitative estimate of drug-likeness (QED) is 0.430. The minimum absolute atomic E-state index is 0.0650. The topological polar surface area (TPSA) is 114 Å². The van der Waals surface area contributed by atoms with Crippen LogP contribution in [0.5, 0.6) is 17.2 Å². The SMILES string of the molecule is COc1ccc(C(=O)N2CCc3ccc(NC(=O)[C@@H]4CCCN(S(=O)(=O)c5ccc(OC)c(OC)c5)C4)cc32)cc1. The summed E-state index contributed by atoms with van der Waals surface area (Å²) in [7, 11) is 0.656. The zero-order chi connectivity index (χ0) is 29.1. The molecule has 1 fully saturated rings. The number of anilines is 2. The third-order valence-corrected chi connectivity index (χ3v) is 9.44. The summed E-state index contributed by atoms with van der Waals surface area (Å²) in [6.07, 6.45) is 1.84. The molecule has 41 heavy (non-hydrogen) atoms. The van der Waals surface area contributed by atoms with Gasteiger partial charge in [0, 0.05) is 42.6 Å². The van der Waals surface area contributed by atoms with E-state index in [9.17, 15) is 18.0 Å². The molecule has 10 nitrogen and oxygen atoms in total. The van der Waals surface area contributed by atoms with E-state index in [1.807, 2.05) is 18.2 Å². The number of nitrogens with one attached hydrogen (secondary N) is 1. The fourth-order valence-electron chi connectivity index (χ4n) is 5.30. The van der Waals surface area contributed by atoms with E-state index >= 15 is 0 Å². The van der Waals surface area contributed by atoms with Gasteiger partial charge in [-0.05, 0) is 73.4 Å². The Labute approximate surface area is 239 Å². The van der Waals surface area contributed by atoms with E-state index in [0.29, 0.717) is 54.4 Å². The summed E-state index contributed by atoms with van der Waals surface area (Å²) in [4.78, 5) is 28.3. The lowest BCUT2D eigenvalue weighted by Crippen LogP contribution is -2.43. The Morgan fingerprint density at radius 1 is 0.878 bits per heavy atom. The molecule has 2 heterocycles. The molecule has 1 saturated heterocycles. The van der Waals surface area contributed by atoms with Crippen molar-refractivity contribution >= 4 is 33.2 Å². The van der Waals surface area contributed by atoms with Gasteiger partial charge >= 0.3 is 0 Å². The highest BCUT2D eigenvalue weighted by molar-refractivity contribution is 7.89. The van der Waals surface area contributed by atoms with Crippen LogP contribution in [0, 0.1) is 5.92 Å². The van der Waals surface area contributed by atoms with Crippen LogP contribution in [0.25, 0.3) is 0 Å². The van der Waals surface area contributed by atoms with E-state index < -0.39 is 15.9 Å². The second kappa shape index (κ2) is 11.8. The molecule has 0 unspecified atom stereocenters. The molecule has 216 valence electrons. The zero-order valence-electron chi connectivity index (χ0n) is 23.3. The predicted molar refractivity (Wildman–Crippen MR) is 154 cm³/mol. The fourth-order valence-corrected chi connectivity index (χ4v) is 6.84. The van der Waals surface area contributed by atoms with Gasteiger partial charge in [-0.3, -0.25) is 9.59 Å². The molecule has 0 aromatic heterocycles. The van der Waals surface area contributed by atoms with Crippen LogP contribution in [0.1, 0.15) is 28.8 Å². The zero-order valence-corrected chi connectivity index (χ0v) is 24.1. The van der Waals surface area contributed by atoms with Crippen molar-refractivity contribution in [3.63, 3.8) is 0 Å². The third-order valence-electron chi connectivity index (χ3n) is 7.58. The van der Waals surface area contributed by atoms with Gasteiger partial charge in [-0.1, -0.05) is 6.07 Å². The van der Waals surface area contributed by atoms with E-state index in [-0.39, 0.29) is 23.3 Å². The van der Waals surface area contributed by atoms with Gasteiger partial charge in [-0.25, -0.2) is 8.42 Å². The number of ether oxygens (including phenoxy) is 3.